The Balaban J connectivity index is 2.19. The molecule has 6 heteroatoms. The van der Waals surface area contributed by atoms with E-state index in [1.807, 2.05) is 25.1 Å². The van der Waals surface area contributed by atoms with Crippen molar-refractivity contribution in [3.05, 3.63) is 63.9 Å². The third kappa shape index (κ3) is 5.39. The molecule has 0 saturated carbocycles. The van der Waals surface area contributed by atoms with Crippen molar-refractivity contribution in [3.63, 3.8) is 0 Å². The van der Waals surface area contributed by atoms with E-state index in [4.69, 9.17) is 4.74 Å². The lowest BCUT2D eigenvalue weighted by Crippen LogP contribution is -2.26. The smallest absolute Gasteiger partial charge is 0.314 e. The first-order valence-corrected chi connectivity index (χ1v) is 8.58. The second kappa shape index (κ2) is 8.76. The second-order valence-corrected chi connectivity index (χ2v) is 6.61. The van der Waals surface area contributed by atoms with Gasteiger partial charge in [-0.3, -0.25) is 10.2 Å². The van der Waals surface area contributed by atoms with E-state index in [1.54, 1.807) is 19.1 Å². The van der Waals surface area contributed by atoms with Crippen molar-refractivity contribution >= 4 is 33.3 Å². The highest BCUT2D eigenvalue weighted by Gasteiger charge is 2.23. The van der Waals surface area contributed by atoms with Crippen LogP contribution in [0.5, 0.6) is 0 Å². The number of nitrogens with one attached hydrogen (secondary N) is 1. The fraction of sp³-hybridized carbons (Fsp3) is 0.263. The summed E-state index contributed by atoms with van der Waals surface area (Å²) in [5.74, 6) is -1.24. The summed E-state index contributed by atoms with van der Waals surface area (Å²) in [6.45, 7) is 3.75. The van der Waals surface area contributed by atoms with Gasteiger partial charge in [0.15, 0.2) is 0 Å². The summed E-state index contributed by atoms with van der Waals surface area (Å²) in [7, 11) is 1.35. The Morgan fingerprint density at radius 3 is 2.60 bits per heavy atom. The summed E-state index contributed by atoms with van der Waals surface area (Å²) in [5.41, 5.74) is 6.31. The number of benzene rings is 2. The minimum atomic E-state index is -0.549. The highest BCUT2D eigenvalue weighted by atomic mass is 79.9. The molecule has 1 unspecified atom stereocenters. The Morgan fingerprint density at radius 2 is 1.96 bits per heavy atom. The Bertz CT molecular complexity index is 775. The molecule has 0 aliphatic heterocycles. The molecule has 1 atom stereocenters. The SMILES string of the molecule is COC(=O)C(Cc1ccc(F)cc1)/C(C)=N/Nc1cc(C)ccc1Br. The first-order chi connectivity index (χ1) is 11.9. The number of anilines is 1. The topological polar surface area (TPSA) is 50.7 Å². The van der Waals surface area contributed by atoms with Crippen molar-refractivity contribution in [3.8, 4) is 0 Å². The number of carbonyl (C=O) groups is 1. The number of hydrogen-bond donors (Lipinski definition) is 1. The molecule has 2 rings (SSSR count). The van der Waals surface area contributed by atoms with E-state index in [-0.39, 0.29) is 11.8 Å². The number of ether oxygens (including phenoxy) is 1. The van der Waals surface area contributed by atoms with Crippen LogP contribution < -0.4 is 5.43 Å². The van der Waals surface area contributed by atoms with Gasteiger partial charge in [0.05, 0.1) is 12.8 Å². The number of halogens is 2. The lowest BCUT2D eigenvalue weighted by Gasteiger charge is -2.15. The molecule has 0 fully saturated rings. The van der Waals surface area contributed by atoms with Gasteiger partial charge in [-0.1, -0.05) is 18.2 Å². The van der Waals surface area contributed by atoms with Gasteiger partial charge in [0, 0.05) is 10.2 Å². The monoisotopic (exact) mass is 406 g/mol. The number of aryl methyl sites for hydroxylation is 1. The normalized spacial score (nSPS) is 12.6. The minimum Gasteiger partial charge on any atom is -0.469 e. The van der Waals surface area contributed by atoms with Crippen molar-refractivity contribution in [2.75, 3.05) is 12.5 Å². The summed E-state index contributed by atoms with van der Waals surface area (Å²) in [6, 6.07) is 11.9. The molecule has 25 heavy (non-hydrogen) atoms. The van der Waals surface area contributed by atoms with Gasteiger partial charge in [0.1, 0.15) is 11.7 Å². The third-order valence-corrected chi connectivity index (χ3v) is 4.51. The zero-order chi connectivity index (χ0) is 18.4. The molecule has 0 radical (unpaired) electrons. The summed E-state index contributed by atoms with van der Waals surface area (Å²) < 4.78 is 18.8. The van der Waals surface area contributed by atoms with Crippen LogP contribution in [0.1, 0.15) is 18.1 Å². The fourth-order valence-electron chi connectivity index (χ4n) is 2.35. The first-order valence-electron chi connectivity index (χ1n) is 7.79. The Morgan fingerprint density at radius 1 is 1.28 bits per heavy atom. The first kappa shape index (κ1) is 19.1. The summed E-state index contributed by atoms with van der Waals surface area (Å²) in [6.07, 6.45) is 0.388. The van der Waals surface area contributed by atoms with Gasteiger partial charge in [-0.2, -0.15) is 5.10 Å². The van der Waals surface area contributed by atoms with Gasteiger partial charge in [-0.05, 0) is 71.6 Å². The van der Waals surface area contributed by atoms with Crippen LogP contribution >= 0.6 is 15.9 Å². The lowest BCUT2D eigenvalue weighted by molar-refractivity contribution is -0.143. The van der Waals surface area contributed by atoms with Crippen LogP contribution in [0.3, 0.4) is 0 Å². The van der Waals surface area contributed by atoms with Crippen LogP contribution in [-0.4, -0.2) is 18.8 Å². The predicted molar refractivity (Wildman–Crippen MR) is 101 cm³/mol. The molecule has 0 bridgehead atoms. The molecule has 0 amide bonds. The lowest BCUT2D eigenvalue weighted by atomic mass is 9.95. The average Bonchev–Trinajstić information content (AvgIpc) is 2.61. The Labute approximate surface area is 155 Å². The Hall–Kier alpha value is -2.21. The van der Waals surface area contributed by atoms with Crippen LogP contribution in [0.2, 0.25) is 0 Å². The van der Waals surface area contributed by atoms with E-state index in [2.05, 4.69) is 26.5 Å². The van der Waals surface area contributed by atoms with Crippen molar-refractivity contribution in [1.29, 1.82) is 0 Å². The number of nitrogens with zero attached hydrogens (tertiary/aromatic N) is 1. The highest BCUT2D eigenvalue weighted by molar-refractivity contribution is 9.10. The molecular weight excluding hydrogens is 387 g/mol. The van der Waals surface area contributed by atoms with E-state index in [0.29, 0.717) is 12.1 Å². The Kier molecular flexibility index (Phi) is 6.70. The van der Waals surface area contributed by atoms with Gasteiger partial charge >= 0.3 is 5.97 Å². The van der Waals surface area contributed by atoms with E-state index in [9.17, 15) is 9.18 Å². The average molecular weight is 407 g/mol. The maximum Gasteiger partial charge on any atom is 0.314 e. The number of esters is 1. The minimum absolute atomic E-state index is 0.310. The largest absolute Gasteiger partial charge is 0.469 e. The third-order valence-electron chi connectivity index (χ3n) is 3.82. The fourth-order valence-corrected chi connectivity index (χ4v) is 2.69. The zero-order valence-electron chi connectivity index (χ0n) is 14.3. The second-order valence-electron chi connectivity index (χ2n) is 5.75. The molecule has 0 saturated heterocycles. The highest BCUT2D eigenvalue weighted by Crippen LogP contribution is 2.23. The standard InChI is InChI=1S/C19H20BrFN2O2/c1-12-4-9-17(20)18(10-12)23-22-13(2)16(19(24)25-3)11-14-5-7-15(21)8-6-14/h4-10,16,23H,11H2,1-3H3/b22-13+. The van der Waals surface area contributed by atoms with Gasteiger partial charge < -0.3 is 4.74 Å². The van der Waals surface area contributed by atoms with Crippen molar-refractivity contribution in [2.45, 2.75) is 20.3 Å². The summed E-state index contributed by atoms with van der Waals surface area (Å²) >= 11 is 3.46. The maximum absolute atomic E-state index is 13.1. The molecule has 0 aromatic heterocycles. The van der Waals surface area contributed by atoms with Crippen molar-refractivity contribution < 1.29 is 13.9 Å². The molecule has 1 N–H and O–H groups in total. The summed E-state index contributed by atoms with van der Waals surface area (Å²) in [4.78, 5) is 12.1. The van der Waals surface area contributed by atoms with Gasteiger partial charge in [-0.25, -0.2) is 4.39 Å². The number of carbonyl (C=O) groups excluding carboxylic acids is 1. The molecule has 2 aromatic carbocycles. The van der Waals surface area contributed by atoms with Crippen LogP contribution in [0.15, 0.2) is 52.0 Å². The predicted octanol–water partition coefficient (Wildman–Crippen LogP) is 4.72. The van der Waals surface area contributed by atoms with E-state index >= 15 is 0 Å². The van der Waals surface area contributed by atoms with Crippen LogP contribution in [0.4, 0.5) is 10.1 Å². The molecule has 0 aliphatic carbocycles. The molecule has 4 nitrogen and oxygen atoms in total. The molecule has 0 spiro atoms. The maximum atomic E-state index is 13.1. The van der Waals surface area contributed by atoms with Crippen LogP contribution in [0, 0.1) is 18.7 Å². The molecule has 0 aliphatic rings. The van der Waals surface area contributed by atoms with E-state index in [0.717, 1.165) is 21.3 Å². The van der Waals surface area contributed by atoms with Gasteiger partial charge in [0.2, 0.25) is 0 Å². The van der Waals surface area contributed by atoms with Crippen molar-refractivity contribution in [1.82, 2.24) is 0 Å². The quantitative estimate of drug-likeness (QED) is 0.429. The number of hydrazone groups is 1. The number of hydrogen-bond acceptors (Lipinski definition) is 4. The summed E-state index contributed by atoms with van der Waals surface area (Å²) in [5, 5.41) is 4.34. The molecular formula is C19H20BrFN2O2. The molecule has 2 aromatic rings. The van der Waals surface area contributed by atoms with Gasteiger partial charge in [-0.15, -0.1) is 0 Å². The number of rotatable bonds is 6. The van der Waals surface area contributed by atoms with Crippen LogP contribution in [0.25, 0.3) is 0 Å². The zero-order valence-corrected chi connectivity index (χ0v) is 15.9. The number of methoxy groups -OCH3 is 1. The molecule has 132 valence electrons. The van der Waals surface area contributed by atoms with Gasteiger partial charge in [0.25, 0.3) is 0 Å². The van der Waals surface area contributed by atoms with Crippen LogP contribution in [-0.2, 0) is 16.0 Å². The van der Waals surface area contributed by atoms with E-state index < -0.39 is 5.92 Å². The van der Waals surface area contributed by atoms with Crippen molar-refractivity contribution in [2.24, 2.45) is 11.0 Å². The molecule has 0 heterocycles. The van der Waals surface area contributed by atoms with E-state index in [1.165, 1.54) is 19.2 Å².